The predicted octanol–water partition coefficient (Wildman–Crippen LogP) is 0.850. The number of ether oxygens (including phenoxy) is 1. The standard InChI is InChI=1S/C13H20N4O3/c1-6-17(4)12(18)9(3)15-10-7-8(2)14-11(16-10)13(19)20-5/h7,9H,6H2,1-5H3,(H,14,15,16). The number of hydrogen-bond acceptors (Lipinski definition) is 6. The molecule has 0 aliphatic heterocycles. The Kier molecular flexibility index (Phi) is 5.42. The number of anilines is 1. The summed E-state index contributed by atoms with van der Waals surface area (Å²) < 4.78 is 4.59. The molecule has 7 nitrogen and oxygen atoms in total. The second-order valence-electron chi connectivity index (χ2n) is 4.43. The number of hydrogen-bond donors (Lipinski definition) is 1. The quantitative estimate of drug-likeness (QED) is 0.805. The summed E-state index contributed by atoms with van der Waals surface area (Å²) in [5, 5.41) is 2.97. The number of methoxy groups -OCH3 is 1. The second-order valence-corrected chi connectivity index (χ2v) is 4.43. The molecule has 7 heteroatoms. The topological polar surface area (TPSA) is 84.4 Å². The molecule has 110 valence electrons. The van der Waals surface area contributed by atoms with E-state index in [-0.39, 0.29) is 11.7 Å². The lowest BCUT2D eigenvalue weighted by Gasteiger charge is -2.21. The Bertz CT molecular complexity index is 504. The summed E-state index contributed by atoms with van der Waals surface area (Å²) in [4.78, 5) is 33.0. The molecule has 1 heterocycles. The van der Waals surface area contributed by atoms with E-state index in [1.807, 2.05) is 6.92 Å². The van der Waals surface area contributed by atoms with E-state index in [0.29, 0.717) is 18.1 Å². The van der Waals surface area contributed by atoms with Crippen LogP contribution in [0.5, 0.6) is 0 Å². The zero-order valence-electron chi connectivity index (χ0n) is 12.4. The van der Waals surface area contributed by atoms with Gasteiger partial charge in [-0.3, -0.25) is 4.79 Å². The Morgan fingerprint density at radius 1 is 1.45 bits per heavy atom. The van der Waals surface area contributed by atoms with E-state index in [2.05, 4.69) is 20.0 Å². The monoisotopic (exact) mass is 280 g/mol. The molecule has 1 aromatic rings. The van der Waals surface area contributed by atoms with Gasteiger partial charge in [-0.25, -0.2) is 14.8 Å². The maximum atomic E-state index is 12.0. The van der Waals surface area contributed by atoms with Crippen molar-refractivity contribution < 1.29 is 14.3 Å². The molecule has 0 spiro atoms. The molecule has 1 unspecified atom stereocenters. The largest absolute Gasteiger partial charge is 0.463 e. The number of carbonyl (C=O) groups is 2. The van der Waals surface area contributed by atoms with Gasteiger partial charge in [0.1, 0.15) is 11.9 Å². The van der Waals surface area contributed by atoms with E-state index in [9.17, 15) is 9.59 Å². The average molecular weight is 280 g/mol. The molecule has 1 rings (SSSR count). The molecule has 0 fully saturated rings. The van der Waals surface area contributed by atoms with Gasteiger partial charge in [0.15, 0.2) is 0 Å². The van der Waals surface area contributed by atoms with Crippen molar-refractivity contribution in [3.8, 4) is 0 Å². The number of nitrogens with zero attached hydrogens (tertiary/aromatic N) is 3. The minimum Gasteiger partial charge on any atom is -0.463 e. The number of nitrogens with one attached hydrogen (secondary N) is 1. The van der Waals surface area contributed by atoms with Gasteiger partial charge in [-0.05, 0) is 20.8 Å². The van der Waals surface area contributed by atoms with Crippen molar-refractivity contribution >= 4 is 17.7 Å². The maximum Gasteiger partial charge on any atom is 0.376 e. The van der Waals surface area contributed by atoms with Crippen molar-refractivity contribution in [2.24, 2.45) is 0 Å². The second kappa shape index (κ2) is 6.83. The molecule has 1 amide bonds. The van der Waals surface area contributed by atoms with Crippen LogP contribution in [0.4, 0.5) is 5.82 Å². The van der Waals surface area contributed by atoms with E-state index < -0.39 is 12.0 Å². The Morgan fingerprint density at radius 2 is 2.10 bits per heavy atom. The first-order valence-electron chi connectivity index (χ1n) is 6.34. The normalized spacial score (nSPS) is 11.7. The molecular weight excluding hydrogens is 260 g/mol. The molecule has 0 aliphatic carbocycles. The summed E-state index contributed by atoms with van der Waals surface area (Å²) >= 11 is 0. The van der Waals surface area contributed by atoms with E-state index in [0.717, 1.165) is 0 Å². The molecule has 0 aromatic carbocycles. The Hall–Kier alpha value is -2.18. The molecule has 0 radical (unpaired) electrons. The maximum absolute atomic E-state index is 12.0. The van der Waals surface area contributed by atoms with E-state index >= 15 is 0 Å². The van der Waals surface area contributed by atoms with E-state index in [1.165, 1.54) is 7.11 Å². The molecule has 0 saturated heterocycles. The van der Waals surface area contributed by atoms with Crippen molar-refractivity contribution in [3.05, 3.63) is 17.6 Å². The number of esters is 1. The first kappa shape index (κ1) is 15.9. The molecule has 0 aliphatic rings. The first-order valence-corrected chi connectivity index (χ1v) is 6.34. The molecule has 1 aromatic heterocycles. The third kappa shape index (κ3) is 3.91. The number of aryl methyl sites for hydroxylation is 1. The summed E-state index contributed by atoms with van der Waals surface area (Å²) in [5.74, 6) is -0.272. The summed E-state index contributed by atoms with van der Waals surface area (Å²) in [5.41, 5.74) is 0.617. The Morgan fingerprint density at radius 3 is 2.65 bits per heavy atom. The Balaban J connectivity index is 2.90. The van der Waals surface area contributed by atoms with Crippen LogP contribution in [0.25, 0.3) is 0 Å². The number of rotatable bonds is 5. The average Bonchev–Trinajstić information content (AvgIpc) is 2.43. The van der Waals surface area contributed by atoms with Crippen LogP contribution >= 0.6 is 0 Å². The van der Waals surface area contributed by atoms with Crippen molar-refractivity contribution in [2.75, 3.05) is 26.0 Å². The summed E-state index contributed by atoms with van der Waals surface area (Å²) in [6.07, 6.45) is 0. The Labute approximate surface area is 118 Å². The third-order valence-electron chi connectivity index (χ3n) is 2.81. The first-order chi connectivity index (χ1) is 9.38. The SMILES string of the molecule is CCN(C)C(=O)C(C)Nc1cc(C)nc(C(=O)OC)n1. The van der Waals surface area contributed by atoms with Gasteiger partial charge in [0.25, 0.3) is 0 Å². The number of amides is 1. The molecule has 0 bridgehead atoms. The van der Waals surface area contributed by atoms with Crippen LogP contribution in [0.1, 0.15) is 30.2 Å². The van der Waals surface area contributed by atoms with Crippen LogP contribution in [-0.4, -0.2) is 53.5 Å². The van der Waals surface area contributed by atoms with Crippen molar-refractivity contribution in [3.63, 3.8) is 0 Å². The van der Waals surface area contributed by atoms with Crippen LogP contribution in [0.3, 0.4) is 0 Å². The smallest absolute Gasteiger partial charge is 0.376 e. The van der Waals surface area contributed by atoms with Crippen LogP contribution in [-0.2, 0) is 9.53 Å². The minimum atomic E-state index is -0.610. The van der Waals surface area contributed by atoms with Gasteiger partial charge in [-0.1, -0.05) is 0 Å². The van der Waals surface area contributed by atoms with Crippen LogP contribution < -0.4 is 5.32 Å². The lowest BCUT2D eigenvalue weighted by atomic mass is 10.3. The summed E-state index contributed by atoms with van der Waals surface area (Å²) in [7, 11) is 3.00. The number of aromatic nitrogens is 2. The highest BCUT2D eigenvalue weighted by Gasteiger charge is 2.18. The number of carbonyl (C=O) groups excluding carboxylic acids is 2. The van der Waals surface area contributed by atoms with Crippen molar-refractivity contribution in [2.45, 2.75) is 26.8 Å². The fourth-order valence-electron chi connectivity index (χ4n) is 1.60. The number of likely N-dealkylation sites (N-methyl/N-ethyl adjacent to an activating group) is 1. The molecule has 1 atom stereocenters. The lowest BCUT2D eigenvalue weighted by molar-refractivity contribution is -0.130. The van der Waals surface area contributed by atoms with E-state index in [1.54, 1.807) is 31.9 Å². The molecule has 20 heavy (non-hydrogen) atoms. The zero-order valence-corrected chi connectivity index (χ0v) is 12.4. The van der Waals surface area contributed by atoms with Gasteiger partial charge in [0.05, 0.1) is 7.11 Å². The summed E-state index contributed by atoms with van der Waals surface area (Å²) in [6.45, 7) is 6.00. The molecule has 0 saturated carbocycles. The highest BCUT2D eigenvalue weighted by atomic mass is 16.5. The van der Waals surface area contributed by atoms with Gasteiger partial charge in [0, 0.05) is 25.4 Å². The van der Waals surface area contributed by atoms with Crippen molar-refractivity contribution in [1.82, 2.24) is 14.9 Å². The van der Waals surface area contributed by atoms with Gasteiger partial charge in [0.2, 0.25) is 11.7 Å². The summed E-state index contributed by atoms with van der Waals surface area (Å²) in [6, 6.07) is 1.22. The van der Waals surface area contributed by atoms with Gasteiger partial charge in [-0.15, -0.1) is 0 Å². The highest BCUT2D eigenvalue weighted by molar-refractivity contribution is 5.86. The van der Waals surface area contributed by atoms with Crippen LogP contribution in [0, 0.1) is 6.92 Å². The molecular formula is C13H20N4O3. The van der Waals surface area contributed by atoms with Crippen molar-refractivity contribution in [1.29, 1.82) is 0 Å². The fourth-order valence-corrected chi connectivity index (χ4v) is 1.60. The van der Waals surface area contributed by atoms with Gasteiger partial charge >= 0.3 is 5.97 Å². The predicted molar refractivity (Wildman–Crippen MR) is 74.5 cm³/mol. The van der Waals surface area contributed by atoms with Gasteiger partial charge < -0.3 is 15.0 Å². The van der Waals surface area contributed by atoms with Gasteiger partial charge in [-0.2, -0.15) is 0 Å². The molecule has 1 N–H and O–H groups in total. The lowest BCUT2D eigenvalue weighted by Crippen LogP contribution is -2.39. The van der Waals surface area contributed by atoms with Crippen LogP contribution in [0.2, 0.25) is 0 Å². The minimum absolute atomic E-state index is 0.0292. The third-order valence-corrected chi connectivity index (χ3v) is 2.81. The zero-order chi connectivity index (χ0) is 15.3. The van der Waals surface area contributed by atoms with Crippen LogP contribution in [0.15, 0.2) is 6.07 Å². The fraction of sp³-hybridized carbons (Fsp3) is 0.538. The highest BCUT2D eigenvalue weighted by Crippen LogP contribution is 2.09. The van der Waals surface area contributed by atoms with E-state index in [4.69, 9.17) is 0 Å².